The Hall–Kier alpha value is -0.850. The predicted octanol–water partition coefficient (Wildman–Crippen LogP) is 0.0264. The van der Waals surface area contributed by atoms with E-state index in [2.05, 4.69) is 20.2 Å². The van der Waals surface area contributed by atoms with Crippen molar-refractivity contribution in [3.63, 3.8) is 0 Å². The van der Waals surface area contributed by atoms with Crippen molar-refractivity contribution in [3.05, 3.63) is 18.1 Å². The number of hydrogen-bond acceptors (Lipinski definition) is 6. The van der Waals surface area contributed by atoms with E-state index < -0.39 is 0 Å². The summed E-state index contributed by atoms with van der Waals surface area (Å²) in [5.74, 6) is 0.565. The van der Waals surface area contributed by atoms with E-state index >= 15 is 0 Å². The fourth-order valence-electron chi connectivity index (χ4n) is 0.755. The maximum atomic E-state index is 5.12. The number of hydrogen-bond donors (Lipinski definition) is 2. The van der Waals surface area contributed by atoms with E-state index in [1.807, 2.05) is 0 Å². The summed E-state index contributed by atoms with van der Waals surface area (Å²) in [6.45, 7) is 0.621. The highest BCUT2D eigenvalue weighted by Gasteiger charge is 2.09. The van der Waals surface area contributed by atoms with Crippen LogP contribution in [-0.2, 0) is 6.54 Å². The number of hydrazine groups is 1. The molecule has 0 aliphatic carbocycles. The predicted molar refractivity (Wildman–Crippen MR) is 40.2 cm³/mol. The Kier molecular flexibility index (Phi) is 1.89. The third-order valence-corrected chi connectivity index (χ3v) is 1.69. The van der Waals surface area contributed by atoms with Gasteiger partial charge in [0.2, 0.25) is 0 Å². The molecule has 6 heteroatoms. The second-order valence-corrected chi connectivity index (χ2v) is 2.47. The fourth-order valence-corrected chi connectivity index (χ4v) is 1.15. The molecule has 0 aromatic carbocycles. The molecule has 1 aromatic rings. The zero-order valence-corrected chi connectivity index (χ0v) is 6.39. The van der Waals surface area contributed by atoms with Gasteiger partial charge in [0, 0.05) is 12.4 Å². The number of aromatic nitrogens is 2. The summed E-state index contributed by atoms with van der Waals surface area (Å²) < 4.78 is 5.12. The van der Waals surface area contributed by atoms with Crippen molar-refractivity contribution in [2.24, 2.45) is 0 Å². The van der Waals surface area contributed by atoms with Gasteiger partial charge in [-0.25, -0.2) is 10.4 Å². The normalized spacial score (nSPS) is 16.4. The van der Waals surface area contributed by atoms with Gasteiger partial charge in [-0.15, -0.1) is 0 Å². The molecule has 0 amide bonds. The van der Waals surface area contributed by atoms with Crippen molar-refractivity contribution in [3.8, 4) is 5.88 Å². The zero-order valence-electron chi connectivity index (χ0n) is 5.57. The minimum Gasteiger partial charge on any atom is -0.386 e. The largest absolute Gasteiger partial charge is 0.386 e. The van der Waals surface area contributed by atoms with Crippen molar-refractivity contribution in [1.82, 2.24) is 20.2 Å². The van der Waals surface area contributed by atoms with E-state index in [0.29, 0.717) is 12.4 Å². The Bertz CT molecular complexity index is 231. The van der Waals surface area contributed by atoms with Gasteiger partial charge in [-0.05, 0) is 0 Å². The topological polar surface area (TPSA) is 59.1 Å². The molecule has 0 atom stereocenters. The van der Waals surface area contributed by atoms with E-state index in [4.69, 9.17) is 4.18 Å². The number of nitrogens with one attached hydrogen (secondary N) is 2. The molecular weight excluding hydrogens is 164 g/mol. The first-order valence-electron chi connectivity index (χ1n) is 3.08. The highest BCUT2D eigenvalue weighted by molar-refractivity contribution is 7.93. The Morgan fingerprint density at radius 1 is 1.45 bits per heavy atom. The highest BCUT2D eigenvalue weighted by Crippen LogP contribution is 2.16. The van der Waals surface area contributed by atoms with E-state index in [9.17, 15) is 0 Å². The second kappa shape index (κ2) is 3.04. The standard InChI is InChI=1S/C5H6N4OS/c1-2-7-5-4(6-1)3-8-9-11-10-5/h1-2,8-9H,3H2. The molecule has 58 valence electrons. The zero-order chi connectivity index (χ0) is 7.52. The number of rotatable bonds is 0. The molecular formula is C5H6N4OS. The lowest BCUT2D eigenvalue weighted by Gasteiger charge is -1.98. The second-order valence-electron chi connectivity index (χ2n) is 1.93. The molecule has 1 aromatic heterocycles. The van der Waals surface area contributed by atoms with Crippen molar-refractivity contribution in [1.29, 1.82) is 0 Å². The van der Waals surface area contributed by atoms with Gasteiger partial charge in [-0.3, -0.25) is 4.98 Å². The Morgan fingerprint density at radius 3 is 3.36 bits per heavy atom. The quantitative estimate of drug-likeness (QED) is 0.423. The molecule has 0 radical (unpaired) electrons. The summed E-state index contributed by atoms with van der Waals surface area (Å²) in [4.78, 5) is 10.8. The Balaban J connectivity index is 2.33. The first kappa shape index (κ1) is 6.84. The molecule has 11 heavy (non-hydrogen) atoms. The van der Waals surface area contributed by atoms with Crippen LogP contribution in [-0.4, -0.2) is 9.97 Å². The maximum absolute atomic E-state index is 5.12. The van der Waals surface area contributed by atoms with Crippen LogP contribution in [0, 0.1) is 0 Å². The molecule has 2 rings (SSSR count). The molecule has 0 fully saturated rings. The fraction of sp³-hybridized carbons (Fsp3) is 0.200. The van der Waals surface area contributed by atoms with Crippen LogP contribution in [0.2, 0.25) is 0 Å². The van der Waals surface area contributed by atoms with E-state index in [1.165, 1.54) is 0 Å². The molecule has 1 aliphatic heterocycles. The summed E-state index contributed by atoms with van der Waals surface area (Å²) in [7, 11) is 0. The average molecular weight is 170 g/mol. The van der Waals surface area contributed by atoms with Crippen LogP contribution in [0.15, 0.2) is 12.4 Å². The third-order valence-electron chi connectivity index (χ3n) is 1.23. The van der Waals surface area contributed by atoms with Crippen molar-refractivity contribution in [2.45, 2.75) is 6.54 Å². The smallest absolute Gasteiger partial charge is 0.252 e. The molecule has 2 N–H and O–H groups in total. The third kappa shape index (κ3) is 1.42. The van der Waals surface area contributed by atoms with Gasteiger partial charge in [0.1, 0.15) is 5.69 Å². The lowest BCUT2D eigenvalue weighted by atomic mass is 10.4. The lowest BCUT2D eigenvalue weighted by Crippen LogP contribution is -2.23. The Morgan fingerprint density at radius 2 is 2.36 bits per heavy atom. The van der Waals surface area contributed by atoms with E-state index in [0.717, 1.165) is 17.9 Å². The molecule has 5 nitrogen and oxygen atoms in total. The first-order valence-corrected chi connectivity index (χ1v) is 3.82. The van der Waals surface area contributed by atoms with Gasteiger partial charge in [0.25, 0.3) is 5.88 Å². The monoisotopic (exact) mass is 170 g/mol. The summed E-state index contributed by atoms with van der Waals surface area (Å²) in [5, 5.41) is 0. The molecule has 0 unspecified atom stereocenters. The van der Waals surface area contributed by atoms with E-state index in [-0.39, 0.29) is 0 Å². The van der Waals surface area contributed by atoms with Gasteiger partial charge in [0.05, 0.1) is 6.54 Å². The molecule has 0 saturated heterocycles. The SMILES string of the molecule is c1cnc2c(n1)CNNSO2. The summed E-state index contributed by atoms with van der Waals surface area (Å²) >= 11 is 1.09. The van der Waals surface area contributed by atoms with Crippen LogP contribution >= 0.6 is 12.2 Å². The summed E-state index contributed by atoms with van der Waals surface area (Å²) in [6, 6.07) is 0. The van der Waals surface area contributed by atoms with Crippen LogP contribution in [0.3, 0.4) is 0 Å². The number of nitrogens with zero attached hydrogens (tertiary/aromatic N) is 2. The van der Waals surface area contributed by atoms with Crippen molar-refractivity contribution < 1.29 is 4.18 Å². The van der Waals surface area contributed by atoms with Crippen LogP contribution in [0.5, 0.6) is 5.88 Å². The molecule has 0 spiro atoms. The van der Waals surface area contributed by atoms with Crippen LogP contribution in [0.4, 0.5) is 0 Å². The average Bonchev–Trinajstić information content (AvgIpc) is 2.28. The van der Waals surface area contributed by atoms with Gasteiger partial charge >= 0.3 is 0 Å². The van der Waals surface area contributed by atoms with Gasteiger partial charge in [-0.2, -0.15) is 4.83 Å². The minimum atomic E-state index is 0.565. The van der Waals surface area contributed by atoms with Gasteiger partial charge in [0.15, 0.2) is 12.2 Å². The minimum absolute atomic E-state index is 0.565. The lowest BCUT2D eigenvalue weighted by molar-refractivity contribution is 0.603. The number of fused-ring (bicyclic) bond motifs is 1. The van der Waals surface area contributed by atoms with Crippen molar-refractivity contribution in [2.75, 3.05) is 0 Å². The van der Waals surface area contributed by atoms with Gasteiger partial charge in [-0.1, -0.05) is 0 Å². The Labute approximate surface area is 67.9 Å². The van der Waals surface area contributed by atoms with Crippen LogP contribution < -0.4 is 14.4 Å². The summed E-state index contributed by atoms with van der Waals surface area (Å²) in [5.41, 5.74) is 3.70. The maximum Gasteiger partial charge on any atom is 0.252 e. The van der Waals surface area contributed by atoms with Crippen LogP contribution in [0.1, 0.15) is 5.69 Å². The molecule has 0 saturated carbocycles. The highest BCUT2D eigenvalue weighted by atomic mass is 32.2. The van der Waals surface area contributed by atoms with E-state index in [1.54, 1.807) is 12.4 Å². The molecule has 1 aliphatic rings. The first-order chi connectivity index (χ1) is 5.47. The molecule has 2 heterocycles. The summed E-state index contributed by atoms with van der Waals surface area (Å²) in [6.07, 6.45) is 3.24. The van der Waals surface area contributed by atoms with Crippen molar-refractivity contribution >= 4 is 12.2 Å². The molecule has 0 bridgehead atoms. The van der Waals surface area contributed by atoms with Gasteiger partial charge < -0.3 is 4.18 Å². The van der Waals surface area contributed by atoms with Crippen LogP contribution in [0.25, 0.3) is 0 Å².